The highest BCUT2D eigenvalue weighted by atomic mass is 16.5. The van der Waals surface area contributed by atoms with E-state index in [1.807, 2.05) is 19.9 Å². The van der Waals surface area contributed by atoms with Crippen molar-refractivity contribution >= 4 is 17.0 Å². The topological polar surface area (TPSA) is 101 Å². The molecule has 9 heteroatoms. The van der Waals surface area contributed by atoms with Crippen molar-refractivity contribution in [3.63, 3.8) is 0 Å². The van der Waals surface area contributed by atoms with E-state index in [0.29, 0.717) is 23.4 Å². The van der Waals surface area contributed by atoms with E-state index in [-0.39, 0.29) is 6.61 Å². The maximum absolute atomic E-state index is 12.2. The van der Waals surface area contributed by atoms with Gasteiger partial charge in [0.2, 0.25) is 0 Å². The molecule has 0 aliphatic rings. The Kier molecular flexibility index (Phi) is 4.26. The fraction of sp³-hybridized carbons (Fsp3) is 0.429. The Hall–Kier alpha value is -2.84. The molecule has 0 atom stereocenters. The standard InChI is InChI=1S/C14H17N7O2/c1-3-7-21-13(16-17-19-21)9-23-14(22)10-5-6-12-11(8-10)15-18-20(12)4-2/h5-6,8H,3-4,7,9H2,1-2H3. The third-order valence-corrected chi connectivity index (χ3v) is 3.42. The normalized spacial score (nSPS) is 11.0. The molecule has 0 fully saturated rings. The van der Waals surface area contributed by atoms with Crippen molar-refractivity contribution in [3.05, 3.63) is 29.6 Å². The molecule has 0 unspecified atom stereocenters. The van der Waals surface area contributed by atoms with Crippen molar-refractivity contribution in [1.82, 2.24) is 35.2 Å². The first kappa shape index (κ1) is 15.1. The molecule has 2 aromatic heterocycles. The molecule has 23 heavy (non-hydrogen) atoms. The van der Waals surface area contributed by atoms with E-state index in [1.165, 1.54) is 0 Å². The predicted octanol–water partition coefficient (Wildman–Crippen LogP) is 1.20. The van der Waals surface area contributed by atoms with E-state index in [1.54, 1.807) is 21.5 Å². The minimum absolute atomic E-state index is 0.0333. The number of carbonyl (C=O) groups excluding carboxylic acids is 1. The largest absolute Gasteiger partial charge is 0.454 e. The first-order valence-electron chi connectivity index (χ1n) is 7.48. The van der Waals surface area contributed by atoms with Crippen LogP contribution in [0.25, 0.3) is 11.0 Å². The molecular formula is C14H17N7O2. The second-order valence-corrected chi connectivity index (χ2v) is 5.00. The number of hydrogen-bond donors (Lipinski definition) is 0. The minimum atomic E-state index is -0.441. The number of tetrazole rings is 1. The summed E-state index contributed by atoms with van der Waals surface area (Å²) in [5.74, 6) is 0.0854. The highest BCUT2D eigenvalue weighted by Crippen LogP contribution is 2.14. The van der Waals surface area contributed by atoms with Gasteiger partial charge in [-0.3, -0.25) is 0 Å². The second kappa shape index (κ2) is 6.51. The van der Waals surface area contributed by atoms with Gasteiger partial charge in [0.05, 0.1) is 11.1 Å². The van der Waals surface area contributed by atoms with E-state index in [4.69, 9.17) is 4.74 Å². The lowest BCUT2D eigenvalue weighted by atomic mass is 10.2. The Bertz CT molecular complexity index is 824. The molecule has 0 amide bonds. The highest BCUT2D eigenvalue weighted by Gasteiger charge is 2.13. The zero-order valence-corrected chi connectivity index (χ0v) is 13.0. The van der Waals surface area contributed by atoms with Crippen molar-refractivity contribution in [3.8, 4) is 0 Å². The van der Waals surface area contributed by atoms with Gasteiger partial charge in [0.25, 0.3) is 0 Å². The molecule has 3 aromatic rings. The van der Waals surface area contributed by atoms with Gasteiger partial charge >= 0.3 is 5.97 Å². The lowest BCUT2D eigenvalue weighted by molar-refractivity contribution is 0.0456. The maximum Gasteiger partial charge on any atom is 0.338 e. The Morgan fingerprint density at radius 1 is 1.17 bits per heavy atom. The molecule has 1 aromatic carbocycles. The van der Waals surface area contributed by atoms with Crippen LogP contribution in [0.1, 0.15) is 36.5 Å². The Balaban J connectivity index is 1.71. The summed E-state index contributed by atoms with van der Waals surface area (Å²) >= 11 is 0. The average molecular weight is 315 g/mol. The van der Waals surface area contributed by atoms with Gasteiger partial charge in [-0.05, 0) is 42.0 Å². The number of carbonyl (C=O) groups is 1. The number of nitrogens with zero attached hydrogens (tertiary/aromatic N) is 7. The lowest BCUT2D eigenvalue weighted by Gasteiger charge is -2.05. The van der Waals surface area contributed by atoms with E-state index in [0.717, 1.165) is 18.5 Å². The summed E-state index contributed by atoms with van der Waals surface area (Å²) in [6, 6.07) is 5.19. The lowest BCUT2D eigenvalue weighted by Crippen LogP contribution is -2.11. The first-order chi connectivity index (χ1) is 11.2. The molecule has 9 nitrogen and oxygen atoms in total. The minimum Gasteiger partial charge on any atom is -0.454 e. The van der Waals surface area contributed by atoms with Crippen molar-refractivity contribution < 1.29 is 9.53 Å². The van der Waals surface area contributed by atoms with Gasteiger partial charge in [-0.25, -0.2) is 14.2 Å². The fourth-order valence-corrected chi connectivity index (χ4v) is 2.26. The number of ether oxygens (including phenoxy) is 1. The number of aryl methyl sites for hydroxylation is 2. The highest BCUT2D eigenvalue weighted by molar-refractivity contribution is 5.93. The Morgan fingerprint density at radius 3 is 2.83 bits per heavy atom. The van der Waals surface area contributed by atoms with Crippen LogP contribution in [0.3, 0.4) is 0 Å². The zero-order chi connectivity index (χ0) is 16.2. The molecule has 3 rings (SSSR count). The molecule has 0 N–H and O–H groups in total. The van der Waals surface area contributed by atoms with Crippen LogP contribution < -0.4 is 0 Å². The second-order valence-electron chi connectivity index (χ2n) is 5.00. The summed E-state index contributed by atoms with van der Waals surface area (Å²) in [5, 5.41) is 19.4. The fourth-order valence-electron chi connectivity index (χ4n) is 2.26. The summed E-state index contributed by atoms with van der Waals surface area (Å²) in [6.07, 6.45) is 0.899. The van der Waals surface area contributed by atoms with E-state index in [2.05, 4.69) is 25.8 Å². The Morgan fingerprint density at radius 2 is 2.04 bits per heavy atom. The zero-order valence-electron chi connectivity index (χ0n) is 13.0. The van der Waals surface area contributed by atoms with Crippen LogP contribution in [0, 0.1) is 0 Å². The molecule has 0 radical (unpaired) electrons. The predicted molar refractivity (Wildman–Crippen MR) is 80.4 cm³/mol. The van der Waals surface area contributed by atoms with Crippen LogP contribution >= 0.6 is 0 Å². The third-order valence-electron chi connectivity index (χ3n) is 3.42. The third kappa shape index (κ3) is 3.03. The smallest absolute Gasteiger partial charge is 0.338 e. The molecule has 0 aliphatic heterocycles. The molecular weight excluding hydrogens is 298 g/mol. The van der Waals surface area contributed by atoms with Crippen molar-refractivity contribution in [2.75, 3.05) is 0 Å². The van der Waals surface area contributed by atoms with Gasteiger partial charge in [-0.15, -0.1) is 10.2 Å². The number of hydrogen-bond acceptors (Lipinski definition) is 7. The Labute approximate surface area is 132 Å². The van der Waals surface area contributed by atoms with Crippen molar-refractivity contribution in [1.29, 1.82) is 0 Å². The van der Waals surface area contributed by atoms with E-state index < -0.39 is 5.97 Å². The number of fused-ring (bicyclic) bond motifs is 1. The first-order valence-corrected chi connectivity index (χ1v) is 7.48. The van der Waals surface area contributed by atoms with Crippen molar-refractivity contribution in [2.24, 2.45) is 0 Å². The summed E-state index contributed by atoms with van der Waals surface area (Å²) in [7, 11) is 0. The van der Waals surface area contributed by atoms with Crippen LogP contribution in [0.4, 0.5) is 0 Å². The summed E-state index contributed by atoms with van der Waals surface area (Å²) in [4.78, 5) is 12.2. The van der Waals surface area contributed by atoms with Crippen molar-refractivity contribution in [2.45, 2.75) is 40.0 Å². The number of esters is 1. The van der Waals surface area contributed by atoms with Gasteiger partial charge < -0.3 is 4.74 Å². The summed E-state index contributed by atoms with van der Waals surface area (Å²) in [5.41, 5.74) is 1.98. The number of aromatic nitrogens is 7. The SMILES string of the molecule is CCCn1nnnc1COC(=O)c1ccc2c(c1)nnn2CC. The molecule has 2 heterocycles. The van der Waals surface area contributed by atoms with Gasteiger partial charge in [-0.1, -0.05) is 12.1 Å². The van der Waals surface area contributed by atoms with Gasteiger partial charge in [0, 0.05) is 13.1 Å². The van der Waals surface area contributed by atoms with Crippen LogP contribution in [-0.2, 0) is 24.4 Å². The van der Waals surface area contributed by atoms with Crippen LogP contribution in [0.15, 0.2) is 18.2 Å². The molecule has 0 saturated heterocycles. The molecule has 0 bridgehead atoms. The van der Waals surface area contributed by atoms with E-state index >= 15 is 0 Å². The maximum atomic E-state index is 12.2. The van der Waals surface area contributed by atoms with Gasteiger partial charge in [-0.2, -0.15) is 0 Å². The number of benzene rings is 1. The number of rotatable bonds is 6. The van der Waals surface area contributed by atoms with Crippen LogP contribution in [-0.4, -0.2) is 41.2 Å². The molecule has 0 aliphatic carbocycles. The summed E-state index contributed by atoms with van der Waals surface area (Å²) < 4.78 is 8.68. The monoisotopic (exact) mass is 315 g/mol. The molecule has 0 spiro atoms. The molecule has 0 saturated carbocycles. The van der Waals surface area contributed by atoms with Crippen LogP contribution in [0.2, 0.25) is 0 Å². The van der Waals surface area contributed by atoms with Crippen LogP contribution in [0.5, 0.6) is 0 Å². The van der Waals surface area contributed by atoms with E-state index in [9.17, 15) is 4.79 Å². The molecule has 120 valence electrons. The average Bonchev–Trinajstić information content (AvgIpc) is 3.18. The van der Waals surface area contributed by atoms with Gasteiger partial charge in [0.15, 0.2) is 12.4 Å². The van der Waals surface area contributed by atoms with Gasteiger partial charge in [0.1, 0.15) is 5.52 Å². The summed E-state index contributed by atoms with van der Waals surface area (Å²) in [6.45, 7) is 5.45. The quantitative estimate of drug-likeness (QED) is 0.630.